The normalized spacial score (nSPS) is 43.5. The van der Waals surface area contributed by atoms with Crippen LogP contribution in [-0.2, 0) is 9.53 Å². The van der Waals surface area contributed by atoms with E-state index < -0.39 is 0 Å². The molecule has 9 nitrogen and oxygen atoms in total. The summed E-state index contributed by atoms with van der Waals surface area (Å²) in [7, 11) is 4.61. The first kappa shape index (κ1) is 30.5. The second-order valence-corrected chi connectivity index (χ2v) is 14.6. The van der Waals surface area contributed by atoms with Crippen molar-refractivity contribution in [2.45, 2.75) is 108 Å². The molecule has 0 aromatic heterocycles. The fourth-order valence-corrected chi connectivity index (χ4v) is 10.2. The van der Waals surface area contributed by atoms with Gasteiger partial charge < -0.3 is 19.4 Å². The summed E-state index contributed by atoms with van der Waals surface area (Å²) in [6.07, 6.45) is 13.4. The van der Waals surface area contributed by atoms with Gasteiger partial charge in [-0.2, -0.15) is 5.26 Å². The summed E-state index contributed by atoms with van der Waals surface area (Å²) in [5, 5.41) is 17.5. The number of piperazine rings is 1. The molecule has 0 aromatic rings. The highest BCUT2D eigenvalue weighted by Gasteiger charge is 2.55. The molecule has 10 atom stereocenters. The van der Waals surface area contributed by atoms with Crippen LogP contribution in [-0.4, -0.2) is 116 Å². The van der Waals surface area contributed by atoms with E-state index in [1.54, 1.807) is 0 Å². The summed E-state index contributed by atoms with van der Waals surface area (Å²) >= 11 is 0. The van der Waals surface area contributed by atoms with Crippen LogP contribution in [0, 0.1) is 34.5 Å². The fourth-order valence-electron chi connectivity index (χ4n) is 10.2. The Labute approximate surface area is 253 Å². The van der Waals surface area contributed by atoms with Gasteiger partial charge in [0.25, 0.3) is 0 Å². The van der Waals surface area contributed by atoms with Crippen molar-refractivity contribution >= 4 is 5.91 Å². The van der Waals surface area contributed by atoms with E-state index >= 15 is 0 Å². The molecule has 0 radical (unpaired) electrons. The molecule has 2 saturated carbocycles. The zero-order valence-corrected chi connectivity index (χ0v) is 26.3. The number of hydrogen-bond donors (Lipinski definition) is 2. The molecule has 4 aliphatic heterocycles. The third-order valence-electron chi connectivity index (χ3n) is 12.6. The van der Waals surface area contributed by atoms with E-state index in [9.17, 15) is 10.1 Å². The molecule has 42 heavy (non-hydrogen) atoms. The van der Waals surface area contributed by atoms with Crippen molar-refractivity contribution in [3.8, 4) is 6.07 Å². The van der Waals surface area contributed by atoms with Crippen molar-refractivity contribution in [1.82, 2.24) is 30.2 Å². The molecule has 0 bridgehead atoms. The third-order valence-corrected chi connectivity index (χ3v) is 12.6. The number of likely N-dealkylation sites (N-methyl/N-ethyl adjacent to an activating group) is 1. The molecule has 9 unspecified atom stereocenters. The Morgan fingerprint density at radius 3 is 2.64 bits per heavy atom. The molecule has 6 aliphatic rings. The first-order valence-electron chi connectivity index (χ1n) is 16.9. The van der Waals surface area contributed by atoms with Crippen LogP contribution in [0.25, 0.3) is 0 Å². The lowest BCUT2D eigenvalue weighted by molar-refractivity contribution is -0.145. The van der Waals surface area contributed by atoms with Crippen LogP contribution in [0.1, 0.15) is 71.1 Å². The van der Waals surface area contributed by atoms with E-state index in [-0.39, 0.29) is 24.5 Å². The van der Waals surface area contributed by atoms with Gasteiger partial charge in [0.1, 0.15) is 0 Å². The van der Waals surface area contributed by atoms with Gasteiger partial charge in [-0.3, -0.25) is 20.3 Å². The minimum absolute atomic E-state index is 0.0658. The average molecular weight is 582 g/mol. The number of ether oxygens (including phenoxy) is 1. The number of piperidine rings is 1. The monoisotopic (exact) mass is 581 g/mol. The molecule has 2 N–H and O–H groups in total. The van der Waals surface area contributed by atoms with Crippen LogP contribution in [0.15, 0.2) is 12.7 Å². The molecular weight excluding hydrogens is 526 g/mol. The maximum absolute atomic E-state index is 12.6. The highest BCUT2D eigenvalue weighted by Crippen LogP contribution is 2.55. The van der Waals surface area contributed by atoms with Gasteiger partial charge in [0.2, 0.25) is 5.91 Å². The molecule has 9 heteroatoms. The molecule has 2 aliphatic carbocycles. The minimum Gasteiger partial charge on any atom is -0.348 e. The van der Waals surface area contributed by atoms with Crippen LogP contribution >= 0.6 is 0 Å². The molecule has 1 amide bonds. The van der Waals surface area contributed by atoms with E-state index in [1.165, 1.54) is 70.4 Å². The summed E-state index contributed by atoms with van der Waals surface area (Å²) in [6, 6.07) is 3.85. The lowest BCUT2D eigenvalue weighted by Crippen LogP contribution is -2.73. The summed E-state index contributed by atoms with van der Waals surface area (Å²) in [5.74, 6) is 1.97. The zero-order chi connectivity index (χ0) is 29.4. The van der Waals surface area contributed by atoms with E-state index in [2.05, 4.69) is 59.0 Å². The number of nitriles is 1. The van der Waals surface area contributed by atoms with E-state index in [0.29, 0.717) is 42.9 Å². The number of nitrogens with one attached hydrogen (secondary N) is 2. The van der Waals surface area contributed by atoms with Crippen molar-refractivity contribution in [3.05, 3.63) is 12.7 Å². The molecule has 6 fully saturated rings. The molecule has 6 rings (SSSR count). The predicted molar refractivity (Wildman–Crippen MR) is 164 cm³/mol. The van der Waals surface area contributed by atoms with Gasteiger partial charge in [0.05, 0.1) is 31.3 Å². The van der Waals surface area contributed by atoms with Crippen LogP contribution < -0.4 is 10.6 Å². The maximum atomic E-state index is 12.6. The molecule has 4 heterocycles. The molecular formula is C33H55N7O2. The molecule has 4 saturated heterocycles. The molecule has 0 aromatic carbocycles. The standard InChI is InChI=1S/C33H55N7O2/c1-5-30(41)40-18-17-39(20-24(40)13-15-34)31-27-12-14-33(22-38(4)29-11-7-6-10-26(29)23(33)2)19-28(27)35-32(36-31)42-21-25-9-8-16-37(25)3/h5,23-29,31-32,35-36H,1,6-14,16-22H2,2-4H3/t23?,24?,25?,26?,27?,28?,29?,31?,32?,33-/m1/s1. The van der Waals surface area contributed by atoms with E-state index in [4.69, 9.17) is 4.74 Å². The predicted octanol–water partition coefficient (Wildman–Crippen LogP) is 2.81. The Balaban J connectivity index is 1.22. The van der Waals surface area contributed by atoms with Gasteiger partial charge in [-0.25, -0.2) is 0 Å². The van der Waals surface area contributed by atoms with Crippen LogP contribution in [0.4, 0.5) is 0 Å². The highest BCUT2D eigenvalue weighted by molar-refractivity contribution is 5.87. The summed E-state index contributed by atoms with van der Waals surface area (Å²) in [6.45, 7) is 11.5. The maximum Gasteiger partial charge on any atom is 0.246 e. The number of fused-ring (bicyclic) bond motifs is 2. The zero-order valence-electron chi connectivity index (χ0n) is 26.3. The summed E-state index contributed by atoms with van der Waals surface area (Å²) in [5.41, 5.74) is 0.345. The molecule has 1 spiro atoms. The van der Waals surface area contributed by atoms with Gasteiger partial charge in [-0.05, 0) is 88.9 Å². The lowest BCUT2D eigenvalue weighted by Gasteiger charge is -2.61. The second kappa shape index (κ2) is 12.8. The van der Waals surface area contributed by atoms with Crippen molar-refractivity contribution in [2.75, 3.05) is 53.4 Å². The Morgan fingerprint density at radius 2 is 1.88 bits per heavy atom. The largest absolute Gasteiger partial charge is 0.348 e. The number of nitrogens with zero attached hydrogens (tertiary/aromatic N) is 5. The third kappa shape index (κ3) is 5.80. The summed E-state index contributed by atoms with van der Waals surface area (Å²) < 4.78 is 6.64. The number of amides is 1. The second-order valence-electron chi connectivity index (χ2n) is 14.6. The van der Waals surface area contributed by atoms with Crippen LogP contribution in [0.5, 0.6) is 0 Å². The Morgan fingerprint density at radius 1 is 1.05 bits per heavy atom. The van der Waals surface area contributed by atoms with Crippen molar-refractivity contribution in [3.63, 3.8) is 0 Å². The number of likely N-dealkylation sites (tertiary alicyclic amines) is 2. The summed E-state index contributed by atoms with van der Waals surface area (Å²) in [4.78, 5) is 22.1. The Kier molecular flexibility index (Phi) is 9.31. The first-order chi connectivity index (χ1) is 20.3. The number of hydrogen-bond acceptors (Lipinski definition) is 8. The Bertz CT molecular complexity index is 1020. The van der Waals surface area contributed by atoms with Crippen molar-refractivity contribution < 1.29 is 9.53 Å². The number of carbonyl (C=O) groups is 1. The van der Waals surface area contributed by atoms with Crippen LogP contribution in [0.2, 0.25) is 0 Å². The first-order valence-corrected chi connectivity index (χ1v) is 16.9. The number of rotatable bonds is 6. The fraction of sp³-hybridized carbons (Fsp3) is 0.879. The van der Waals surface area contributed by atoms with E-state index in [0.717, 1.165) is 37.6 Å². The average Bonchev–Trinajstić information content (AvgIpc) is 3.42. The van der Waals surface area contributed by atoms with Crippen LogP contribution in [0.3, 0.4) is 0 Å². The number of carbonyl (C=O) groups excluding carboxylic acids is 1. The SMILES string of the molecule is C=CC(=O)N1CCN(C2NC(OCC3CCCN3C)NC3C[C@]4(CCC32)CN(C)C2CCCCC2C4C)CC1CC#N. The molecule has 234 valence electrons. The van der Waals surface area contributed by atoms with Gasteiger partial charge in [-0.15, -0.1) is 0 Å². The van der Waals surface area contributed by atoms with Gasteiger partial charge in [0, 0.05) is 50.2 Å². The van der Waals surface area contributed by atoms with Crippen molar-refractivity contribution in [1.29, 1.82) is 5.26 Å². The minimum atomic E-state index is -0.193. The quantitative estimate of drug-likeness (QED) is 0.464. The van der Waals surface area contributed by atoms with Crippen molar-refractivity contribution in [2.24, 2.45) is 23.2 Å². The topological polar surface area (TPSA) is 87.1 Å². The van der Waals surface area contributed by atoms with Gasteiger partial charge in [0.15, 0.2) is 6.35 Å². The lowest BCUT2D eigenvalue weighted by atomic mass is 9.54. The van der Waals surface area contributed by atoms with Gasteiger partial charge >= 0.3 is 0 Å². The van der Waals surface area contributed by atoms with Gasteiger partial charge in [-0.1, -0.05) is 26.3 Å². The highest BCUT2D eigenvalue weighted by atomic mass is 16.5. The van der Waals surface area contributed by atoms with E-state index in [1.807, 2.05) is 4.90 Å². The smallest absolute Gasteiger partial charge is 0.246 e. The Hall–Kier alpha value is -1.54.